The summed E-state index contributed by atoms with van der Waals surface area (Å²) in [4.78, 5) is 0. The lowest BCUT2D eigenvalue weighted by Gasteiger charge is -2.05. The van der Waals surface area contributed by atoms with Gasteiger partial charge in [0.15, 0.2) is 0 Å². The van der Waals surface area contributed by atoms with Gasteiger partial charge in [-0.05, 0) is 41.3 Å². The first-order valence-corrected chi connectivity index (χ1v) is 9.69. The van der Waals surface area contributed by atoms with Crippen LogP contribution in [0.25, 0.3) is 0 Å². The van der Waals surface area contributed by atoms with Crippen molar-refractivity contribution in [2.75, 3.05) is 6.54 Å². The summed E-state index contributed by atoms with van der Waals surface area (Å²) in [6, 6.07) is 9.28. The lowest BCUT2D eigenvalue weighted by molar-refractivity contribution is 0.583. The summed E-state index contributed by atoms with van der Waals surface area (Å²) in [5, 5.41) is 5.05. The van der Waals surface area contributed by atoms with Gasteiger partial charge in [-0.25, -0.2) is 13.1 Å². The van der Waals surface area contributed by atoms with Crippen LogP contribution in [-0.2, 0) is 23.1 Å². The molecule has 0 spiro atoms. The van der Waals surface area contributed by atoms with Crippen LogP contribution in [0.3, 0.4) is 0 Å². The summed E-state index contributed by atoms with van der Waals surface area (Å²) in [6.45, 7) is 3.86. The fourth-order valence-electron chi connectivity index (χ4n) is 1.71. The second-order valence-corrected chi connectivity index (χ2v) is 8.33. The molecule has 0 fully saturated rings. The predicted molar refractivity (Wildman–Crippen MR) is 89.9 cm³/mol. The molecular weight excluding hydrogens is 372 g/mol. The highest BCUT2D eigenvalue weighted by Gasteiger charge is 2.16. The molecule has 0 saturated carbocycles. The number of rotatable bonds is 7. The summed E-state index contributed by atoms with van der Waals surface area (Å²) in [5.41, 5.74) is 1.91. The largest absolute Gasteiger partial charge is 0.313 e. The number of nitrogens with one attached hydrogen (secondary N) is 2. The van der Waals surface area contributed by atoms with E-state index in [2.05, 4.69) is 26.0 Å². The summed E-state index contributed by atoms with van der Waals surface area (Å²) in [5.74, 6) is 0. The summed E-state index contributed by atoms with van der Waals surface area (Å²) >= 11 is 4.60. The highest BCUT2D eigenvalue weighted by Crippen LogP contribution is 2.20. The number of benzene rings is 1. The maximum absolute atomic E-state index is 12.2. The van der Waals surface area contributed by atoms with E-state index in [4.69, 9.17) is 0 Å². The van der Waals surface area contributed by atoms with E-state index in [0.29, 0.717) is 10.8 Å². The fraction of sp³-hybridized carbons (Fsp3) is 0.286. The minimum Gasteiger partial charge on any atom is -0.313 e. The monoisotopic (exact) mass is 388 g/mol. The molecule has 0 atom stereocenters. The molecule has 7 heteroatoms. The molecule has 0 saturated heterocycles. The smallest absolute Gasteiger partial charge is 0.250 e. The zero-order valence-electron chi connectivity index (χ0n) is 11.6. The van der Waals surface area contributed by atoms with Crippen LogP contribution in [0.1, 0.15) is 18.1 Å². The van der Waals surface area contributed by atoms with Crippen molar-refractivity contribution in [1.82, 2.24) is 10.0 Å². The van der Waals surface area contributed by atoms with Gasteiger partial charge in [0.1, 0.15) is 4.21 Å². The molecule has 0 amide bonds. The Balaban J connectivity index is 2.00. The SMILES string of the molecule is CCNCc1csc(S(=O)(=O)NCc2ccc(Br)cc2)c1. The zero-order chi connectivity index (χ0) is 15.3. The van der Waals surface area contributed by atoms with Gasteiger partial charge in [0, 0.05) is 17.6 Å². The van der Waals surface area contributed by atoms with E-state index in [0.717, 1.165) is 22.1 Å². The van der Waals surface area contributed by atoms with Crippen molar-refractivity contribution in [2.24, 2.45) is 0 Å². The molecular formula is C14H17BrN2O2S2. The van der Waals surface area contributed by atoms with E-state index in [-0.39, 0.29) is 6.54 Å². The number of hydrogen-bond acceptors (Lipinski definition) is 4. The molecule has 1 aromatic carbocycles. The third-order valence-corrected chi connectivity index (χ3v) is 6.27. The van der Waals surface area contributed by atoms with Crippen molar-refractivity contribution in [3.8, 4) is 0 Å². The molecule has 0 unspecified atom stereocenters. The van der Waals surface area contributed by atoms with Gasteiger partial charge in [-0.15, -0.1) is 11.3 Å². The Morgan fingerprint density at radius 1 is 1.14 bits per heavy atom. The minimum atomic E-state index is -3.44. The third kappa shape index (κ3) is 4.89. The van der Waals surface area contributed by atoms with Crippen LogP contribution >= 0.6 is 27.3 Å². The topological polar surface area (TPSA) is 58.2 Å². The molecule has 0 aliphatic carbocycles. The van der Waals surface area contributed by atoms with Gasteiger partial charge in [-0.1, -0.05) is 35.0 Å². The first-order chi connectivity index (χ1) is 10.0. The van der Waals surface area contributed by atoms with Crippen molar-refractivity contribution < 1.29 is 8.42 Å². The van der Waals surface area contributed by atoms with E-state index in [1.807, 2.05) is 36.6 Å². The van der Waals surface area contributed by atoms with E-state index in [1.165, 1.54) is 11.3 Å². The van der Waals surface area contributed by atoms with Crippen LogP contribution in [0.4, 0.5) is 0 Å². The van der Waals surface area contributed by atoms with E-state index < -0.39 is 10.0 Å². The van der Waals surface area contributed by atoms with E-state index in [9.17, 15) is 8.42 Å². The maximum Gasteiger partial charge on any atom is 0.250 e. The standard InChI is InChI=1S/C14H17BrN2O2S2/c1-2-16-8-12-7-14(20-10-12)21(18,19)17-9-11-3-5-13(15)6-4-11/h3-7,10,16-17H,2,8-9H2,1H3. The van der Waals surface area contributed by atoms with Crippen LogP contribution in [0.5, 0.6) is 0 Å². The predicted octanol–water partition coefficient (Wildman–Crippen LogP) is 3.10. The number of sulfonamides is 1. The second kappa shape index (κ2) is 7.51. The Bertz CT molecular complexity index is 681. The van der Waals surface area contributed by atoms with Crippen molar-refractivity contribution in [2.45, 2.75) is 24.2 Å². The zero-order valence-corrected chi connectivity index (χ0v) is 14.8. The summed E-state index contributed by atoms with van der Waals surface area (Å²) < 4.78 is 28.4. The van der Waals surface area contributed by atoms with Crippen molar-refractivity contribution in [3.63, 3.8) is 0 Å². The molecule has 1 heterocycles. The molecule has 21 heavy (non-hydrogen) atoms. The molecule has 114 valence electrons. The second-order valence-electron chi connectivity index (χ2n) is 4.51. The Labute approximate surface area is 137 Å². The lowest BCUT2D eigenvalue weighted by Crippen LogP contribution is -2.22. The molecule has 0 radical (unpaired) electrons. The van der Waals surface area contributed by atoms with E-state index in [1.54, 1.807) is 6.07 Å². The summed E-state index contributed by atoms with van der Waals surface area (Å²) in [7, 11) is -3.44. The van der Waals surface area contributed by atoms with Gasteiger partial charge in [0.05, 0.1) is 0 Å². The van der Waals surface area contributed by atoms with Crippen LogP contribution in [-0.4, -0.2) is 15.0 Å². The molecule has 0 aliphatic rings. The third-order valence-electron chi connectivity index (χ3n) is 2.85. The summed E-state index contributed by atoms with van der Waals surface area (Å²) in [6.07, 6.45) is 0. The van der Waals surface area contributed by atoms with E-state index >= 15 is 0 Å². The molecule has 2 rings (SSSR count). The Kier molecular flexibility index (Phi) is 5.95. The lowest BCUT2D eigenvalue weighted by atomic mass is 10.2. The minimum absolute atomic E-state index is 0.288. The first-order valence-electron chi connectivity index (χ1n) is 6.53. The Morgan fingerprint density at radius 3 is 2.52 bits per heavy atom. The molecule has 1 aromatic heterocycles. The van der Waals surface area contributed by atoms with Gasteiger partial charge in [0.2, 0.25) is 10.0 Å². The van der Waals surface area contributed by atoms with Crippen LogP contribution in [0.15, 0.2) is 44.4 Å². The van der Waals surface area contributed by atoms with Gasteiger partial charge in [0.25, 0.3) is 0 Å². The fourth-order valence-corrected chi connectivity index (χ4v) is 4.24. The Hall–Kier alpha value is -0.730. The molecule has 4 nitrogen and oxygen atoms in total. The van der Waals surface area contributed by atoms with Crippen molar-refractivity contribution in [1.29, 1.82) is 0 Å². The first kappa shape index (κ1) is 16.6. The number of thiophene rings is 1. The van der Waals surface area contributed by atoms with Gasteiger partial charge >= 0.3 is 0 Å². The van der Waals surface area contributed by atoms with Gasteiger partial charge in [-0.2, -0.15) is 0 Å². The molecule has 0 aliphatic heterocycles. The van der Waals surface area contributed by atoms with Crippen molar-refractivity contribution in [3.05, 3.63) is 51.3 Å². The van der Waals surface area contributed by atoms with Crippen LogP contribution in [0.2, 0.25) is 0 Å². The van der Waals surface area contributed by atoms with Crippen LogP contribution in [0, 0.1) is 0 Å². The highest BCUT2D eigenvalue weighted by molar-refractivity contribution is 9.10. The maximum atomic E-state index is 12.2. The van der Waals surface area contributed by atoms with Crippen LogP contribution < -0.4 is 10.0 Å². The Morgan fingerprint density at radius 2 is 1.86 bits per heavy atom. The van der Waals surface area contributed by atoms with Crippen molar-refractivity contribution >= 4 is 37.3 Å². The highest BCUT2D eigenvalue weighted by atomic mass is 79.9. The normalized spacial score (nSPS) is 11.7. The molecule has 2 N–H and O–H groups in total. The molecule has 2 aromatic rings. The van der Waals surface area contributed by atoms with Gasteiger partial charge in [-0.3, -0.25) is 0 Å². The average molecular weight is 389 g/mol. The number of hydrogen-bond donors (Lipinski definition) is 2. The van der Waals surface area contributed by atoms with Gasteiger partial charge < -0.3 is 5.32 Å². The molecule has 0 bridgehead atoms. The average Bonchev–Trinajstić information content (AvgIpc) is 2.94. The number of halogens is 1. The quantitative estimate of drug-likeness (QED) is 0.765.